The minimum Gasteiger partial charge on any atom is -0.496 e. The summed E-state index contributed by atoms with van der Waals surface area (Å²) in [4.78, 5) is 25.8. The molecule has 3 heterocycles. The van der Waals surface area contributed by atoms with Crippen molar-refractivity contribution in [2.75, 3.05) is 25.6 Å². The lowest BCUT2D eigenvalue weighted by Gasteiger charge is -2.11. The van der Waals surface area contributed by atoms with Crippen LogP contribution in [0.15, 0.2) is 30.6 Å². The van der Waals surface area contributed by atoms with E-state index in [0.29, 0.717) is 45.8 Å². The van der Waals surface area contributed by atoms with Crippen LogP contribution in [0, 0.1) is 12.7 Å². The van der Waals surface area contributed by atoms with Crippen molar-refractivity contribution in [1.29, 1.82) is 0 Å². The van der Waals surface area contributed by atoms with Crippen molar-refractivity contribution in [3.63, 3.8) is 0 Å². The Labute approximate surface area is 212 Å². The molecule has 9 nitrogen and oxygen atoms in total. The molecule has 0 radical (unpaired) electrons. The fraction of sp³-hybridized carbons (Fsp3) is 0.360. The number of rotatable bonds is 10. The largest absolute Gasteiger partial charge is 0.496 e. The molecule has 0 aliphatic rings. The second-order valence-electron chi connectivity index (χ2n) is 8.20. The van der Waals surface area contributed by atoms with Crippen LogP contribution in [-0.2, 0) is 11.3 Å². The lowest BCUT2D eigenvalue weighted by atomic mass is 10.2. The first-order chi connectivity index (χ1) is 17.3. The second-order valence-corrected chi connectivity index (χ2v) is 9.20. The number of anilines is 1. The average molecular weight is 514 g/mol. The summed E-state index contributed by atoms with van der Waals surface area (Å²) >= 11 is 1.16. The number of nitrogens with one attached hydrogen (secondary N) is 1. The molecule has 0 amide bonds. The number of aryl methyl sites for hydroxylation is 1. The Bertz CT molecular complexity index is 1380. The van der Waals surface area contributed by atoms with Gasteiger partial charge in [-0.1, -0.05) is 0 Å². The fourth-order valence-corrected chi connectivity index (χ4v) is 4.68. The van der Waals surface area contributed by atoms with Gasteiger partial charge in [-0.3, -0.25) is 0 Å². The Kier molecular flexibility index (Phi) is 7.68. The minimum absolute atomic E-state index is 0.159. The summed E-state index contributed by atoms with van der Waals surface area (Å²) in [6.45, 7) is 8.65. The summed E-state index contributed by atoms with van der Waals surface area (Å²) < 4.78 is 32.8. The number of methoxy groups -OCH3 is 1. The number of fused-ring (bicyclic) bond motifs is 1. The maximum absolute atomic E-state index is 14.6. The number of halogens is 1. The topological polar surface area (TPSA) is 100 Å². The first-order valence-electron chi connectivity index (χ1n) is 11.6. The quantitative estimate of drug-likeness (QED) is 0.293. The monoisotopic (exact) mass is 513 g/mol. The zero-order valence-electron chi connectivity index (χ0n) is 20.8. The molecule has 0 spiro atoms. The number of carbonyl (C=O) groups is 1. The highest BCUT2D eigenvalue weighted by Gasteiger charge is 2.23. The van der Waals surface area contributed by atoms with Gasteiger partial charge in [0.25, 0.3) is 0 Å². The molecule has 0 aliphatic heterocycles. The number of esters is 1. The van der Waals surface area contributed by atoms with Gasteiger partial charge in [0.1, 0.15) is 34.4 Å². The normalized spacial score (nSPS) is 11.2. The highest BCUT2D eigenvalue weighted by atomic mass is 32.1. The van der Waals surface area contributed by atoms with Crippen molar-refractivity contribution in [3.8, 4) is 22.3 Å². The second kappa shape index (κ2) is 10.9. The van der Waals surface area contributed by atoms with E-state index in [1.54, 1.807) is 26.2 Å². The fourth-order valence-electron chi connectivity index (χ4n) is 3.82. The van der Waals surface area contributed by atoms with E-state index < -0.39 is 5.97 Å². The van der Waals surface area contributed by atoms with Crippen molar-refractivity contribution < 1.29 is 23.4 Å². The lowest BCUT2D eigenvalue weighted by molar-refractivity contribution is 0.0525. The van der Waals surface area contributed by atoms with Gasteiger partial charge in [-0.15, -0.1) is 11.3 Å². The molecule has 0 saturated heterocycles. The smallest absolute Gasteiger partial charge is 0.354 e. The number of hydrogen-bond acceptors (Lipinski definition) is 9. The van der Waals surface area contributed by atoms with Gasteiger partial charge < -0.3 is 24.1 Å². The molecule has 1 N–H and O–H groups in total. The van der Waals surface area contributed by atoms with Gasteiger partial charge in [0.05, 0.1) is 25.3 Å². The van der Waals surface area contributed by atoms with E-state index in [0.717, 1.165) is 22.4 Å². The standard InChI is InChI=1S/C25H28FN5O4S/c1-6-34-25(32)22-23(35-14(2)3)30-24(36-22)18-12-20(29-13-28-18)27-9-10-31-15(4)11-16-19(33-5)8-7-17(26)21(16)31/h7-8,11-14H,6,9-10H2,1-5H3,(H,27,28,29). The van der Waals surface area contributed by atoms with Crippen molar-refractivity contribution in [2.24, 2.45) is 0 Å². The van der Waals surface area contributed by atoms with Gasteiger partial charge in [0.15, 0.2) is 4.88 Å². The third kappa shape index (κ3) is 5.25. The van der Waals surface area contributed by atoms with Crippen LogP contribution in [0.25, 0.3) is 21.6 Å². The summed E-state index contributed by atoms with van der Waals surface area (Å²) in [5, 5.41) is 4.51. The van der Waals surface area contributed by atoms with E-state index in [1.807, 2.05) is 31.4 Å². The summed E-state index contributed by atoms with van der Waals surface area (Å²) in [5.74, 6) is 0.648. The number of carbonyl (C=O) groups excluding carboxylic acids is 1. The molecule has 1 aromatic carbocycles. The Balaban J connectivity index is 1.53. The average Bonchev–Trinajstić information content (AvgIpc) is 3.41. The summed E-state index contributed by atoms with van der Waals surface area (Å²) in [5.41, 5.74) is 1.97. The van der Waals surface area contributed by atoms with Crippen molar-refractivity contribution >= 4 is 34.0 Å². The van der Waals surface area contributed by atoms with Gasteiger partial charge in [-0.05, 0) is 45.9 Å². The van der Waals surface area contributed by atoms with Gasteiger partial charge >= 0.3 is 5.97 Å². The Morgan fingerprint density at radius 1 is 1.25 bits per heavy atom. The molecule has 4 aromatic rings. The van der Waals surface area contributed by atoms with Gasteiger partial charge in [0.2, 0.25) is 5.88 Å². The molecule has 0 bridgehead atoms. The summed E-state index contributed by atoms with van der Waals surface area (Å²) in [6.07, 6.45) is 1.26. The van der Waals surface area contributed by atoms with Crippen molar-refractivity contribution in [2.45, 2.75) is 40.3 Å². The predicted octanol–water partition coefficient (Wildman–Crippen LogP) is 5.09. The predicted molar refractivity (Wildman–Crippen MR) is 137 cm³/mol. The van der Waals surface area contributed by atoms with Gasteiger partial charge in [-0.25, -0.2) is 19.2 Å². The third-order valence-electron chi connectivity index (χ3n) is 5.33. The zero-order valence-corrected chi connectivity index (χ0v) is 21.6. The van der Waals surface area contributed by atoms with Crippen LogP contribution in [0.1, 0.15) is 36.1 Å². The molecule has 3 aromatic heterocycles. The van der Waals surface area contributed by atoms with Gasteiger partial charge in [-0.2, -0.15) is 4.98 Å². The van der Waals surface area contributed by atoms with E-state index in [2.05, 4.69) is 20.3 Å². The molecule has 36 heavy (non-hydrogen) atoms. The molecule has 11 heteroatoms. The summed E-state index contributed by atoms with van der Waals surface area (Å²) in [7, 11) is 1.57. The molecule has 4 rings (SSSR count). The van der Waals surface area contributed by atoms with Crippen LogP contribution < -0.4 is 14.8 Å². The number of thiazole rings is 1. The van der Waals surface area contributed by atoms with Gasteiger partial charge in [0, 0.05) is 30.2 Å². The molecule has 0 fully saturated rings. The Hall–Kier alpha value is -3.73. The van der Waals surface area contributed by atoms with Crippen LogP contribution in [0.3, 0.4) is 0 Å². The van der Waals surface area contributed by atoms with Crippen LogP contribution >= 0.6 is 11.3 Å². The van der Waals surface area contributed by atoms with Crippen LogP contribution in [0.2, 0.25) is 0 Å². The number of benzene rings is 1. The molecular formula is C25H28FN5O4S. The van der Waals surface area contributed by atoms with E-state index >= 15 is 0 Å². The Morgan fingerprint density at radius 2 is 2.06 bits per heavy atom. The van der Waals surface area contributed by atoms with E-state index in [-0.39, 0.29) is 24.4 Å². The first kappa shape index (κ1) is 25.4. The van der Waals surface area contributed by atoms with Crippen molar-refractivity contribution in [1.82, 2.24) is 19.5 Å². The van der Waals surface area contributed by atoms with Crippen LogP contribution in [-0.4, -0.2) is 51.9 Å². The maximum Gasteiger partial charge on any atom is 0.354 e. The van der Waals surface area contributed by atoms with Crippen LogP contribution in [0.5, 0.6) is 11.6 Å². The molecule has 0 atom stereocenters. The highest BCUT2D eigenvalue weighted by Crippen LogP contribution is 2.34. The van der Waals surface area contributed by atoms with E-state index in [1.165, 1.54) is 12.4 Å². The number of hydrogen-bond donors (Lipinski definition) is 1. The molecule has 0 unspecified atom stereocenters. The van der Waals surface area contributed by atoms with Crippen molar-refractivity contribution in [3.05, 3.63) is 47.0 Å². The highest BCUT2D eigenvalue weighted by molar-refractivity contribution is 7.17. The molecule has 190 valence electrons. The number of nitrogens with zero attached hydrogens (tertiary/aromatic N) is 4. The van der Waals surface area contributed by atoms with E-state index in [9.17, 15) is 9.18 Å². The molecular weight excluding hydrogens is 485 g/mol. The molecule has 0 saturated carbocycles. The van der Waals surface area contributed by atoms with Crippen LogP contribution in [0.4, 0.5) is 10.2 Å². The zero-order chi connectivity index (χ0) is 25.8. The number of ether oxygens (including phenoxy) is 3. The third-order valence-corrected chi connectivity index (χ3v) is 6.37. The SMILES string of the molecule is CCOC(=O)c1sc(-c2cc(NCCn3c(C)cc4c(OC)ccc(F)c43)ncn2)nc1OC(C)C. The first-order valence-corrected chi connectivity index (χ1v) is 12.4. The molecule has 0 aliphatic carbocycles. The number of aromatic nitrogens is 4. The lowest BCUT2D eigenvalue weighted by Crippen LogP contribution is -2.13. The summed E-state index contributed by atoms with van der Waals surface area (Å²) in [6, 6.07) is 6.71. The minimum atomic E-state index is -0.484. The maximum atomic E-state index is 14.6. The van der Waals surface area contributed by atoms with E-state index in [4.69, 9.17) is 14.2 Å². The Morgan fingerprint density at radius 3 is 2.78 bits per heavy atom.